The summed E-state index contributed by atoms with van der Waals surface area (Å²) in [5.74, 6) is -0.837. The first-order valence-corrected chi connectivity index (χ1v) is 32.7. The van der Waals surface area contributed by atoms with Crippen LogP contribution in [0.2, 0.25) is 0 Å². The molecule has 72 heavy (non-hydrogen) atoms. The van der Waals surface area contributed by atoms with Gasteiger partial charge < -0.3 is 14.2 Å². The van der Waals surface area contributed by atoms with Crippen molar-refractivity contribution in [1.29, 1.82) is 0 Å². The van der Waals surface area contributed by atoms with E-state index < -0.39 is 6.10 Å². The molecule has 0 fully saturated rings. The molecule has 426 valence electrons. The Hall–Kier alpha value is -1.85. The van der Waals surface area contributed by atoms with Gasteiger partial charge in [0.15, 0.2) is 6.10 Å². The molecule has 6 nitrogen and oxygen atoms in total. The van der Waals surface area contributed by atoms with Crippen LogP contribution in [0.25, 0.3) is 0 Å². The Morgan fingerprint density at radius 2 is 0.458 bits per heavy atom. The summed E-state index contributed by atoms with van der Waals surface area (Å²) in [6.07, 6.45) is 72.5. The van der Waals surface area contributed by atoms with Crippen LogP contribution in [0.3, 0.4) is 0 Å². The van der Waals surface area contributed by atoms with Gasteiger partial charge in [0.2, 0.25) is 0 Å². The molecule has 6 heteroatoms. The van der Waals surface area contributed by atoms with Crippen molar-refractivity contribution in [1.82, 2.24) is 0 Å². The highest BCUT2D eigenvalue weighted by atomic mass is 16.6. The summed E-state index contributed by atoms with van der Waals surface area (Å²) in [4.78, 5) is 38.1. The molecule has 0 spiro atoms. The van der Waals surface area contributed by atoms with Gasteiger partial charge in [0.1, 0.15) is 13.2 Å². The Labute approximate surface area is 450 Å². The smallest absolute Gasteiger partial charge is 0.306 e. The minimum absolute atomic E-state index is 0.0629. The number of ether oxygens (including phenoxy) is 3. The lowest BCUT2D eigenvalue weighted by Gasteiger charge is -2.18. The lowest BCUT2D eigenvalue weighted by Crippen LogP contribution is -2.30. The maximum absolute atomic E-state index is 12.9. The molecular formula is C66H126O6. The summed E-state index contributed by atoms with van der Waals surface area (Å²) in [5, 5.41) is 0. The van der Waals surface area contributed by atoms with Crippen LogP contribution in [0.4, 0.5) is 0 Å². The summed E-state index contributed by atoms with van der Waals surface area (Å²) in [6.45, 7) is 6.69. The van der Waals surface area contributed by atoms with E-state index in [1.165, 1.54) is 276 Å². The number of rotatable bonds is 61. The van der Waals surface area contributed by atoms with Crippen LogP contribution in [-0.2, 0) is 28.6 Å². The number of unbranched alkanes of at least 4 members (excludes halogenated alkanes) is 48. The molecule has 0 saturated carbocycles. The maximum atomic E-state index is 12.9. The van der Waals surface area contributed by atoms with Crippen LogP contribution in [0.15, 0.2) is 12.2 Å². The summed E-state index contributed by atoms with van der Waals surface area (Å²) in [5.41, 5.74) is 0. The molecular weight excluding hydrogens is 889 g/mol. The average Bonchev–Trinajstić information content (AvgIpc) is 3.38. The van der Waals surface area contributed by atoms with Gasteiger partial charge in [0, 0.05) is 19.3 Å². The normalized spacial score (nSPS) is 12.0. The van der Waals surface area contributed by atoms with Gasteiger partial charge in [0.05, 0.1) is 0 Å². The summed E-state index contributed by atoms with van der Waals surface area (Å²) in [7, 11) is 0. The van der Waals surface area contributed by atoms with Gasteiger partial charge in [0.25, 0.3) is 0 Å². The Morgan fingerprint density at radius 1 is 0.264 bits per heavy atom. The van der Waals surface area contributed by atoms with E-state index in [-0.39, 0.29) is 31.1 Å². The highest BCUT2D eigenvalue weighted by molar-refractivity contribution is 5.71. The Balaban J connectivity index is 4.05. The number of esters is 3. The monoisotopic (exact) mass is 1010 g/mol. The van der Waals surface area contributed by atoms with E-state index >= 15 is 0 Å². The van der Waals surface area contributed by atoms with Crippen molar-refractivity contribution in [3.63, 3.8) is 0 Å². The zero-order valence-electron chi connectivity index (χ0n) is 49.0. The number of hydrogen-bond acceptors (Lipinski definition) is 6. The van der Waals surface area contributed by atoms with Crippen LogP contribution in [0.5, 0.6) is 0 Å². The molecule has 0 heterocycles. The fourth-order valence-corrected chi connectivity index (χ4v) is 10.1. The molecule has 1 unspecified atom stereocenters. The van der Waals surface area contributed by atoms with Crippen molar-refractivity contribution in [2.24, 2.45) is 0 Å². The van der Waals surface area contributed by atoms with Gasteiger partial charge in [-0.05, 0) is 44.9 Å². The van der Waals surface area contributed by atoms with E-state index in [4.69, 9.17) is 14.2 Å². The quantitative estimate of drug-likeness (QED) is 0.0261. The Morgan fingerprint density at radius 3 is 0.694 bits per heavy atom. The first-order chi connectivity index (χ1) is 35.5. The first kappa shape index (κ1) is 70.1. The van der Waals surface area contributed by atoms with Crippen molar-refractivity contribution in [3.8, 4) is 0 Å². The lowest BCUT2D eigenvalue weighted by molar-refractivity contribution is -0.167. The minimum atomic E-state index is -0.763. The van der Waals surface area contributed by atoms with Crippen LogP contribution in [0, 0.1) is 0 Å². The maximum Gasteiger partial charge on any atom is 0.306 e. The summed E-state index contributed by atoms with van der Waals surface area (Å²) in [6, 6.07) is 0. The van der Waals surface area contributed by atoms with Crippen molar-refractivity contribution in [2.75, 3.05) is 13.2 Å². The van der Waals surface area contributed by atoms with Gasteiger partial charge in [-0.3, -0.25) is 14.4 Å². The predicted molar refractivity (Wildman–Crippen MR) is 312 cm³/mol. The first-order valence-electron chi connectivity index (χ1n) is 32.7. The van der Waals surface area contributed by atoms with E-state index in [0.717, 1.165) is 57.8 Å². The third kappa shape index (κ3) is 59.0. The van der Waals surface area contributed by atoms with Crippen molar-refractivity contribution in [2.45, 2.75) is 380 Å². The predicted octanol–water partition coefficient (Wildman–Crippen LogP) is 22.1. The molecule has 0 aliphatic rings. The molecule has 0 N–H and O–H groups in total. The van der Waals surface area contributed by atoms with Gasteiger partial charge in [-0.2, -0.15) is 0 Å². The molecule has 0 aliphatic carbocycles. The van der Waals surface area contributed by atoms with Crippen molar-refractivity contribution < 1.29 is 28.6 Å². The SMILES string of the molecule is CCCCCCCCCC/C=C\CCCCCCCCCCCCCCCCCCCC(=O)OCC(COC(=O)CCCCCCCCCCC)OC(=O)CCCCCCCCCCCCCCCCCC. The largest absolute Gasteiger partial charge is 0.462 e. The molecule has 0 saturated heterocycles. The molecule has 0 amide bonds. The fourth-order valence-electron chi connectivity index (χ4n) is 10.1. The molecule has 1 atom stereocenters. The zero-order valence-corrected chi connectivity index (χ0v) is 49.0. The second-order valence-electron chi connectivity index (χ2n) is 22.4. The molecule has 0 radical (unpaired) electrons. The topological polar surface area (TPSA) is 78.9 Å². The Kier molecular flexibility index (Phi) is 60.1. The molecule has 0 rings (SSSR count). The molecule has 0 aliphatic heterocycles. The van der Waals surface area contributed by atoms with E-state index in [1.54, 1.807) is 0 Å². The fraction of sp³-hybridized carbons (Fsp3) is 0.924. The van der Waals surface area contributed by atoms with Crippen molar-refractivity contribution in [3.05, 3.63) is 12.2 Å². The highest BCUT2D eigenvalue weighted by Gasteiger charge is 2.19. The molecule has 0 bridgehead atoms. The van der Waals surface area contributed by atoms with E-state index in [2.05, 4.69) is 32.9 Å². The number of allylic oxidation sites excluding steroid dienone is 2. The Bertz CT molecular complexity index is 1120. The zero-order chi connectivity index (χ0) is 52.2. The van der Waals surface area contributed by atoms with Crippen LogP contribution in [-0.4, -0.2) is 37.2 Å². The molecule has 0 aromatic carbocycles. The number of carbonyl (C=O) groups is 3. The minimum Gasteiger partial charge on any atom is -0.462 e. The van der Waals surface area contributed by atoms with Gasteiger partial charge >= 0.3 is 17.9 Å². The second-order valence-corrected chi connectivity index (χ2v) is 22.4. The van der Waals surface area contributed by atoms with Crippen LogP contribution in [0.1, 0.15) is 374 Å². The van der Waals surface area contributed by atoms with Gasteiger partial charge in [-0.15, -0.1) is 0 Å². The van der Waals surface area contributed by atoms with E-state index in [0.29, 0.717) is 19.3 Å². The van der Waals surface area contributed by atoms with Crippen molar-refractivity contribution >= 4 is 17.9 Å². The lowest BCUT2D eigenvalue weighted by atomic mass is 10.0. The molecule has 0 aromatic rings. The third-order valence-electron chi connectivity index (χ3n) is 15.0. The number of carbonyl (C=O) groups excluding carboxylic acids is 3. The third-order valence-corrected chi connectivity index (χ3v) is 15.0. The second kappa shape index (κ2) is 61.7. The standard InChI is InChI=1S/C66H126O6/c1-4-7-10-13-16-19-21-23-25-27-28-29-30-31-32-33-34-35-36-37-38-39-41-42-44-47-50-53-56-59-65(68)71-62-63(61-70-64(67)58-55-52-49-46-18-15-12-9-6-3)72-66(69)60-57-54-51-48-45-43-40-26-24-22-20-17-14-11-8-5-2/h27-28,63H,4-26,29-62H2,1-3H3/b28-27-. The van der Waals surface area contributed by atoms with Gasteiger partial charge in [-0.1, -0.05) is 322 Å². The summed E-state index contributed by atoms with van der Waals surface area (Å²) < 4.78 is 16.9. The van der Waals surface area contributed by atoms with E-state index in [9.17, 15) is 14.4 Å². The van der Waals surface area contributed by atoms with Crippen LogP contribution < -0.4 is 0 Å². The highest BCUT2D eigenvalue weighted by Crippen LogP contribution is 2.18. The van der Waals surface area contributed by atoms with E-state index in [1.807, 2.05) is 0 Å². The summed E-state index contributed by atoms with van der Waals surface area (Å²) >= 11 is 0. The molecule has 0 aromatic heterocycles. The van der Waals surface area contributed by atoms with Gasteiger partial charge in [-0.25, -0.2) is 0 Å². The average molecular weight is 1020 g/mol. The number of hydrogen-bond donors (Lipinski definition) is 0. The van der Waals surface area contributed by atoms with Crippen LogP contribution >= 0.6 is 0 Å².